The summed E-state index contributed by atoms with van der Waals surface area (Å²) in [6, 6.07) is 17.0. The highest BCUT2D eigenvalue weighted by molar-refractivity contribution is 7.85. The molecule has 7 heterocycles. The van der Waals surface area contributed by atoms with Gasteiger partial charge in [-0.3, -0.25) is 43.4 Å². The highest BCUT2D eigenvalue weighted by Gasteiger charge is 2.56. The minimum Gasteiger partial charge on any atom is -0.479 e. The van der Waals surface area contributed by atoms with Gasteiger partial charge >= 0.3 is 18.0 Å². The maximum absolute atomic E-state index is 13.9. The molecule has 1 saturated heterocycles. The van der Waals surface area contributed by atoms with Crippen LogP contribution in [-0.2, 0) is 67.8 Å². The number of amides is 6. The first-order valence-electron chi connectivity index (χ1n) is 34.6. The minimum atomic E-state index is -4.56. The van der Waals surface area contributed by atoms with E-state index in [1.807, 2.05) is 34.7 Å². The second kappa shape index (κ2) is 32.4. The molecule has 4 aromatic heterocycles. The number of thiazole rings is 1. The number of ether oxygens (including phenoxy) is 4. The van der Waals surface area contributed by atoms with Crippen LogP contribution in [0.5, 0.6) is 5.75 Å². The molecule has 0 radical (unpaired) electrons. The van der Waals surface area contributed by atoms with Crippen molar-refractivity contribution >= 4 is 102 Å². The number of nitrogens with one attached hydrogen (secondary N) is 3. The summed E-state index contributed by atoms with van der Waals surface area (Å²) in [7, 11) is -4.56. The molecule has 2 aliphatic carbocycles. The Kier molecular flexibility index (Phi) is 23.6. The lowest BCUT2D eigenvalue weighted by Gasteiger charge is -2.58. The van der Waals surface area contributed by atoms with Crippen LogP contribution in [0.1, 0.15) is 128 Å². The Labute approximate surface area is 608 Å². The predicted molar refractivity (Wildman–Crippen MR) is 381 cm³/mol. The van der Waals surface area contributed by atoms with Crippen LogP contribution >= 0.6 is 11.3 Å². The van der Waals surface area contributed by atoms with Crippen molar-refractivity contribution in [1.82, 2.24) is 39.8 Å². The molecular formula is C72H85N11O20S2. The van der Waals surface area contributed by atoms with Crippen molar-refractivity contribution in [2.24, 2.45) is 16.7 Å². The number of carbonyl (C=O) groups is 8. The molecular weight excluding hydrogens is 1400 g/mol. The molecule has 6 amide bonds. The van der Waals surface area contributed by atoms with Gasteiger partial charge in [0.2, 0.25) is 18.1 Å². The lowest BCUT2D eigenvalue weighted by Crippen LogP contribution is -2.61. The normalized spacial score (nSPS) is 23.7. The third-order valence-corrected chi connectivity index (χ3v) is 21.2. The number of aliphatic carboxylic acids is 1. The number of carboxylic acid groups (broad SMARTS) is 2. The number of hydrogen-bond donors (Lipinski definition) is 9. The first-order chi connectivity index (χ1) is 49.9. The highest BCUT2D eigenvalue weighted by Crippen LogP contribution is 2.60. The number of benzene rings is 2. The standard InChI is InChI=1S/C72H85N11O20S2/c1-42-34-70(3)38-71(4,41-83-43(2)48(36-75-83)46-17-19-53(78-58(46)65(92)93)81-27-23-45-12-8-13-47(49(45)37-81)63(91)79-68-77-50-14-9-24-74-64(50)104-68)40-72(35-42,39-70)101-31-28-80(29-32-105(97,98)99)69(96)100-30-10-11-44-16-18-52(102-67-61(90)59(88)60(89)62(103-67)66(94)95)51(33-44)76-55(85)22-25-73-54(84)15-6-5-7-26-82-56(86)20-21-57(82)87/h8-14,16-21,24,33,36,42,59-62,67,88-90H,5-7,15,22-23,25-32,34-35,37-41H2,1-4H3,(H,73,84)(H,76,85)(H,92,93)(H,94,95)(H,77,79,91)(H,97,98,99)/b11-10+/t42?,59-,60-,61+,62-,67+,70?,71?,72?/m0/s1. The van der Waals surface area contributed by atoms with E-state index in [0.717, 1.165) is 39.5 Å². The summed E-state index contributed by atoms with van der Waals surface area (Å²) in [5.41, 5.74) is 3.51. The molecule has 11 rings (SSSR count). The van der Waals surface area contributed by atoms with Crippen LogP contribution in [-0.4, -0.2) is 209 Å². The zero-order valence-electron chi connectivity index (χ0n) is 58.3. The first-order valence-corrected chi connectivity index (χ1v) is 37.0. The quantitative estimate of drug-likeness (QED) is 0.0134. The van der Waals surface area contributed by atoms with Gasteiger partial charge in [0.05, 0.1) is 29.8 Å². The zero-order valence-corrected chi connectivity index (χ0v) is 60.0. The summed E-state index contributed by atoms with van der Waals surface area (Å²) in [6.07, 6.45) is 3.50. The maximum atomic E-state index is 13.9. The fourth-order valence-electron chi connectivity index (χ4n) is 15.5. The van der Waals surface area contributed by atoms with Crippen molar-refractivity contribution in [2.75, 3.05) is 67.2 Å². The number of fused-ring (bicyclic) bond motifs is 4. The molecule has 560 valence electrons. The number of carboxylic acids is 2. The fourth-order valence-corrected chi connectivity index (χ4v) is 16.8. The SMILES string of the molecule is Cc1c(-c2ccc(N3CCc4cccc(C(=O)Nc5nc6cccnc6s5)c4C3)nc2C(=O)O)cnn1CC1(C)CC2(C)CC(C)CC(OCCN(CCS(=O)(=O)O)C(=O)OC/C=C/c3ccc(O[C@@H]4O[C@H](C(=O)O)[C@@H](O)[C@H](O)[C@H]4O)c(NC(=O)CCNC(=O)CCCCCN4C(=O)C=CC4=O)c3)(C2)C1. The van der Waals surface area contributed by atoms with Crippen molar-refractivity contribution in [2.45, 2.75) is 148 Å². The summed E-state index contributed by atoms with van der Waals surface area (Å²) in [5.74, 6) is -5.27. The Bertz CT molecular complexity index is 4440. The van der Waals surface area contributed by atoms with Gasteiger partial charge in [0.1, 0.15) is 46.8 Å². The average Bonchev–Trinajstić information content (AvgIpc) is 1.40. The molecule has 2 saturated carbocycles. The molecule has 4 unspecified atom stereocenters. The first kappa shape index (κ1) is 76.5. The number of rotatable bonds is 30. The van der Waals surface area contributed by atoms with Gasteiger partial charge in [-0.2, -0.15) is 13.5 Å². The molecule has 9 atom stereocenters. The van der Waals surface area contributed by atoms with Crippen molar-refractivity contribution in [3.05, 3.63) is 125 Å². The summed E-state index contributed by atoms with van der Waals surface area (Å²) >= 11 is 1.28. The third kappa shape index (κ3) is 18.7. The van der Waals surface area contributed by atoms with E-state index in [1.54, 1.807) is 36.7 Å². The average molecular weight is 1490 g/mol. The van der Waals surface area contributed by atoms with Crippen LogP contribution < -0.4 is 25.6 Å². The number of aromatic nitrogens is 5. The molecule has 9 N–H and O–H groups in total. The molecule has 0 spiro atoms. The van der Waals surface area contributed by atoms with Gasteiger partial charge < -0.3 is 64.9 Å². The minimum absolute atomic E-state index is 0.0351. The number of carbonyl (C=O) groups excluding carboxylic acids is 6. The van der Waals surface area contributed by atoms with Gasteiger partial charge in [0, 0.05) is 99.4 Å². The van der Waals surface area contributed by atoms with E-state index in [-0.39, 0.29) is 86.0 Å². The zero-order chi connectivity index (χ0) is 75.1. The second-order valence-corrected chi connectivity index (χ2v) is 30.8. The summed E-state index contributed by atoms with van der Waals surface area (Å²) in [5, 5.41) is 65.4. The number of nitrogens with zero attached hydrogens (tertiary/aromatic N) is 8. The molecule has 3 fully saturated rings. The number of anilines is 3. The Balaban J connectivity index is 0.718. The molecule has 33 heteroatoms. The van der Waals surface area contributed by atoms with Crippen LogP contribution in [0.15, 0.2) is 91.3 Å². The number of hydrogen-bond acceptors (Lipinski definition) is 23. The van der Waals surface area contributed by atoms with E-state index in [1.165, 1.54) is 53.8 Å². The van der Waals surface area contributed by atoms with Crippen molar-refractivity contribution in [1.29, 1.82) is 0 Å². The van der Waals surface area contributed by atoms with E-state index in [0.29, 0.717) is 108 Å². The number of imide groups is 1. The van der Waals surface area contributed by atoms with Crippen molar-refractivity contribution in [3.63, 3.8) is 0 Å². The third-order valence-electron chi connectivity index (χ3n) is 19.6. The van der Waals surface area contributed by atoms with Gasteiger partial charge in [-0.05, 0) is 140 Å². The van der Waals surface area contributed by atoms with Gasteiger partial charge in [0.15, 0.2) is 16.9 Å². The Morgan fingerprint density at radius 2 is 1.66 bits per heavy atom. The number of aliphatic hydroxyl groups is 3. The topological polar surface area (TPSA) is 431 Å². The van der Waals surface area contributed by atoms with Crippen LogP contribution in [0.4, 0.5) is 21.4 Å². The maximum Gasteiger partial charge on any atom is 0.410 e. The molecule has 2 bridgehead atoms. The lowest BCUT2D eigenvalue weighted by atomic mass is 9.51. The number of pyridine rings is 2. The van der Waals surface area contributed by atoms with Crippen molar-refractivity contribution < 1.29 is 95.8 Å². The van der Waals surface area contributed by atoms with Gasteiger partial charge in [-0.15, -0.1) is 0 Å². The monoisotopic (exact) mass is 1490 g/mol. The summed E-state index contributed by atoms with van der Waals surface area (Å²) in [6.45, 7) is 8.91. The van der Waals surface area contributed by atoms with E-state index in [9.17, 15) is 76.9 Å². The fraction of sp³-hybridized carbons (Fsp3) is 0.472. The second-order valence-electron chi connectivity index (χ2n) is 28.3. The van der Waals surface area contributed by atoms with Crippen LogP contribution in [0.25, 0.3) is 27.6 Å². The van der Waals surface area contributed by atoms with E-state index >= 15 is 0 Å². The molecule has 6 aromatic rings. The Morgan fingerprint density at radius 1 is 0.867 bits per heavy atom. The van der Waals surface area contributed by atoms with E-state index in [4.69, 9.17) is 29.0 Å². The largest absolute Gasteiger partial charge is 0.479 e. The van der Waals surface area contributed by atoms with Gasteiger partial charge in [-0.25, -0.2) is 29.3 Å². The lowest BCUT2D eigenvalue weighted by molar-refractivity contribution is -0.271. The highest BCUT2D eigenvalue weighted by atomic mass is 32.2. The van der Waals surface area contributed by atoms with Crippen LogP contribution in [0, 0.1) is 23.7 Å². The number of unbranched alkanes of at least 4 members (excludes halogenated alkanes) is 2. The van der Waals surface area contributed by atoms with Gasteiger partial charge in [-0.1, -0.05) is 62.8 Å². The summed E-state index contributed by atoms with van der Waals surface area (Å²) in [4.78, 5) is 121. The Morgan fingerprint density at radius 3 is 2.41 bits per heavy atom. The van der Waals surface area contributed by atoms with E-state index < -0.39 is 99.9 Å². The number of aliphatic hydroxyl groups excluding tert-OH is 3. The van der Waals surface area contributed by atoms with Crippen LogP contribution in [0.3, 0.4) is 0 Å². The molecule has 31 nitrogen and oxygen atoms in total. The molecule has 105 heavy (non-hydrogen) atoms. The summed E-state index contributed by atoms with van der Waals surface area (Å²) < 4.78 is 59.6. The predicted octanol–water partition coefficient (Wildman–Crippen LogP) is 6.39. The van der Waals surface area contributed by atoms with Crippen molar-refractivity contribution in [3.8, 4) is 16.9 Å². The number of aromatic carboxylic acids is 1. The van der Waals surface area contributed by atoms with Crippen LogP contribution in [0.2, 0.25) is 0 Å². The molecule has 2 aromatic carbocycles. The Hall–Kier alpha value is -9.61. The molecule has 5 aliphatic rings. The van der Waals surface area contributed by atoms with E-state index in [2.05, 4.69) is 46.7 Å². The molecule has 3 aliphatic heterocycles. The smallest absolute Gasteiger partial charge is 0.410 e. The van der Waals surface area contributed by atoms with Gasteiger partial charge in [0.25, 0.3) is 27.8 Å².